The topological polar surface area (TPSA) is 184 Å². The minimum Gasteiger partial charge on any atom is -0.744 e. The van der Waals surface area contributed by atoms with Gasteiger partial charge in [0.1, 0.15) is 26.3 Å². The normalized spacial score (nSPS) is 12.7. The smallest absolute Gasteiger partial charge is 0.744 e. The van der Waals surface area contributed by atoms with Crippen molar-refractivity contribution in [1.82, 2.24) is 0 Å². The number of rotatable bonds is 6. The standard InChI is InChI=1S/C14H15NO9S3.CH4.2K/c1-25(16,17)11-4-2-3-9(5-11)14(24-15)10-6-12(26(18,19)20)8-13(7-10)27(21,22)23;;;/h2-8,14H,15H2,1H3,(H,18,19,20)(H,21,22,23);1H4;;/q;;2*+1/p-2. The minimum atomic E-state index is -5.11. The first-order valence-electron chi connectivity index (χ1n) is 6.96. The predicted octanol–water partition coefficient (Wildman–Crippen LogP) is -5.48. The van der Waals surface area contributed by atoms with Gasteiger partial charge in [0.05, 0.1) is 14.7 Å². The van der Waals surface area contributed by atoms with E-state index in [4.69, 9.17) is 10.7 Å². The average Bonchev–Trinajstić information content (AvgIpc) is 2.53. The Morgan fingerprint density at radius 1 is 0.800 bits per heavy atom. The summed E-state index contributed by atoms with van der Waals surface area (Å²) in [5, 5.41) is 0. The molecule has 0 aliphatic heterocycles. The number of sulfone groups is 1. The van der Waals surface area contributed by atoms with Crippen molar-refractivity contribution in [3.63, 3.8) is 0 Å². The quantitative estimate of drug-likeness (QED) is 0.215. The molecule has 10 nitrogen and oxygen atoms in total. The van der Waals surface area contributed by atoms with Gasteiger partial charge in [0, 0.05) is 6.26 Å². The molecule has 0 saturated heterocycles. The molecule has 0 saturated carbocycles. The third-order valence-corrected chi connectivity index (χ3v) is 6.24. The van der Waals surface area contributed by atoms with Crippen LogP contribution in [0.2, 0.25) is 0 Å². The summed E-state index contributed by atoms with van der Waals surface area (Å²) in [6.07, 6.45) is -0.397. The van der Waals surface area contributed by atoms with Crippen LogP contribution in [-0.4, -0.2) is 40.6 Å². The molecule has 1 unspecified atom stereocenters. The summed E-state index contributed by atoms with van der Waals surface area (Å²) in [5.74, 6) is 5.21. The van der Waals surface area contributed by atoms with Gasteiger partial charge >= 0.3 is 103 Å². The molecule has 2 aromatic carbocycles. The Morgan fingerprint density at radius 3 is 1.60 bits per heavy atom. The van der Waals surface area contributed by atoms with E-state index in [1.165, 1.54) is 24.3 Å². The first-order valence-corrected chi connectivity index (χ1v) is 11.7. The maximum absolute atomic E-state index is 11.7. The number of benzene rings is 2. The Morgan fingerprint density at radius 2 is 1.23 bits per heavy atom. The monoisotopic (exact) mass is 529 g/mol. The molecule has 0 heterocycles. The SMILES string of the molecule is C.CS(=O)(=O)c1cccc(C(ON)c2cc(S(=O)(=O)[O-])cc(S(=O)(=O)[O-])c2)c1.[K+].[K+]. The number of hydrogen-bond donors (Lipinski definition) is 1. The van der Waals surface area contributed by atoms with Crippen molar-refractivity contribution < 1.29 is 142 Å². The summed E-state index contributed by atoms with van der Waals surface area (Å²) in [5.41, 5.74) is -0.121. The summed E-state index contributed by atoms with van der Waals surface area (Å²) < 4.78 is 91.1. The Balaban J connectivity index is 0. The summed E-state index contributed by atoms with van der Waals surface area (Å²) in [4.78, 5) is 2.68. The van der Waals surface area contributed by atoms with E-state index in [0.717, 1.165) is 18.4 Å². The van der Waals surface area contributed by atoms with E-state index in [1.807, 2.05) is 0 Å². The Labute approximate surface area is 261 Å². The predicted molar refractivity (Wildman–Crippen MR) is 95.8 cm³/mol. The van der Waals surface area contributed by atoms with Crippen LogP contribution < -0.4 is 109 Å². The first kappa shape index (κ1) is 33.6. The zero-order valence-corrected chi connectivity index (χ0v) is 24.3. The molecule has 30 heavy (non-hydrogen) atoms. The van der Waals surface area contributed by atoms with Crippen LogP contribution in [0, 0.1) is 0 Å². The molecule has 0 bridgehead atoms. The largest absolute Gasteiger partial charge is 1.00 e. The van der Waals surface area contributed by atoms with E-state index in [2.05, 4.69) is 0 Å². The Bertz CT molecular complexity index is 1150. The average molecular weight is 530 g/mol. The van der Waals surface area contributed by atoms with Crippen LogP contribution >= 0.6 is 0 Å². The van der Waals surface area contributed by atoms with Gasteiger partial charge in [0.2, 0.25) is 0 Å². The molecule has 0 aliphatic rings. The minimum absolute atomic E-state index is 0. The Kier molecular flexibility index (Phi) is 14.3. The van der Waals surface area contributed by atoms with Crippen molar-refractivity contribution in [3.8, 4) is 0 Å². The fraction of sp³-hybridized carbons (Fsp3) is 0.200. The zero-order chi connectivity index (χ0) is 20.6. The van der Waals surface area contributed by atoms with Gasteiger partial charge in [-0.2, -0.15) is 0 Å². The van der Waals surface area contributed by atoms with Gasteiger partial charge in [-0.1, -0.05) is 19.6 Å². The Hall–Kier alpha value is 1.40. The molecule has 0 aliphatic carbocycles. The molecule has 2 aromatic rings. The van der Waals surface area contributed by atoms with Crippen molar-refractivity contribution in [2.45, 2.75) is 28.2 Å². The molecule has 0 aromatic heterocycles. The van der Waals surface area contributed by atoms with Crippen molar-refractivity contribution >= 4 is 30.1 Å². The van der Waals surface area contributed by atoms with Gasteiger partial charge in [-0.25, -0.2) is 31.2 Å². The van der Waals surface area contributed by atoms with E-state index in [9.17, 15) is 34.4 Å². The summed E-state index contributed by atoms with van der Waals surface area (Å²) in [6, 6.07) is 7.22. The van der Waals surface area contributed by atoms with E-state index < -0.39 is 46.0 Å². The van der Waals surface area contributed by atoms with Gasteiger partial charge in [-0.05, 0) is 41.5 Å². The fourth-order valence-corrected chi connectivity index (χ4v) is 4.15. The summed E-state index contributed by atoms with van der Waals surface area (Å²) >= 11 is 0. The molecular formula is C15H17K2NO9S3. The van der Waals surface area contributed by atoms with Crippen LogP contribution in [0.25, 0.3) is 0 Å². The maximum atomic E-state index is 11.7. The van der Waals surface area contributed by atoms with Crippen molar-refractivity contribution in [2.24, 2.45) is 5.90 Å². The van der Waals surface area contributed by atoms with Gasteiger partial charge in [0.25, 0.3) is 0 Å². The fourth-order valence-electron chi connectivity index (χ4n) is 2.29. The second-order valence-electron chi connectivity index (χ2n) is 5.51. The molecule has 156 valence electrons. The zero-order valence-electron chi connectivity index (χ0n) is 15.6. The van der Waals surface area contributed by atoms with Crippen LogP contribution in [0.3, 0.4) is 0 Å². The van der Waals surface area contributed by atoms with Crippen LogP contribution in [-0.2, 0) is 34.9 Å². The van der Waals surface area contributed by atoms with Crippen LogP contribution in [0.4, 0.5) is 0 Å². The van der Waals surface area contributed by atoms with Crippen LogP contribution in [0.5, 0.6) is 0 Å². The number of hydrogen-bond acceptors (Lipinski definition) is 10. The molecule has 2 rings (SSSR count). The second-order valence-corrected chi connectivity index (χ2v) is 10.3. The summed E-state index contributed by atoms with van der Waals surface area (Å²) in [6.45, 7) is 0. The molecule has 0 amide bonds. The van der Waals surface area contributed by atoms with Crippen molar-refractivity contribution in [3.05, 3.63) is 53.6 Å². The molecule has 15 heteroatoms. The molecule has 2 N–H and O–H groups in total. The third-order valence-electron chi connectivity index (χ3n) is 3.51. The second kappa shape index (κ2) is 12.8. The molecule has 0 fully saturated rings. The molecular weight excluding hydrogens is 513 g/mol. The summed E-state index contributed by atoms with van der Waals surface area (Å²) in [7, 11) is -13.8. The van der Waals surface area contributed by atoms with Gasteiger partial charge < -0.3 is 9.11 Å². The number of nitrogens with two attached hydrogens (primary N) is 1. The van der Waals surface area contributed by atoms with Gasteiger partial charge in [-0.15, -0.1) is 0 Å². The van der Waals surface area contributed by atoms with Crippen LogP contribution in [0.15, 0.2) is 57.2 Å². The van der Waals surface area contributed by atoms with E-state index in [-0.39, 0.29) is 126 Å². The van der Waals surface area contributed by atoms with Gasteiger partial charge in [-0.3, -0.25) is 4.84 Å². The third kappa shape index (κ3) is 8.98. The van der Waals surface area contributed by atoms with E-state index >= 15 is 0 Å². The van der Waals surface area contributed by atoms with E-state index in [1.54, 1.807) is 0 Å². The van der Waals surface area contributed by atoms with Crippen LogP contribution in [0.1, 0.15) is 24.7 Å². The van der Waals surface area contributed by atoms with E-state index in [0.29, 0.717) is 6.07 Å². The molecule has 0 radical (unpaired) electrons. The molecule has 1 atom stereocenters. The van der Waals surface area contributed by atoms with Crippen molar-refractivity contribution in [1.29, 1.82) is 0 Å². The maximum Gasteiger partial charge on any atom is 1.00 e. The van der Waals surface area contributed by atoms with Crippen molar-refractivity contribution in [2.75, 3.05) is 6.26 Å². The first-order chi connectivity index (χ1) is 12.2. The van der Waals surface area contributed by atoms with Gasteiger partial charge in [0.15, 0.2) is 9.84 Å². The molecule has 0 spiro atoms.